The van der Waals surface area contributed by atoms with Crippen molar-refractivity contribution in [2.24, 2.45) is 0 Å². The first-order chi connectivity index (χ1) is 12.2. The summed E-state index contributed by atoms with van der Waals surface area (Å²) in [5, 5.41) is 0. The minimum absolute atomic E-state index is 0.0207. The molecule has 0 aliphatic carbocycles. The average molecular weight is 362 g/mol. The van der Waals surface area contributed by atoms with Crippen LogP contribution in [0.5, 0.6) is 0 Å². The van der Waals surface area contributed by atoms with Crippen LogP contribution in [0.4, 0.5) is 10.6 Å². The summed E-state index contributed by atoms with van der Waals surface area (Å²) in [4.78, 5) is 21.9. The van der Waals surface area contributed by atoms with Gasteiger partial charge in [-0.15, -0.1) is 0 Å². The minimum Gasteiger partial charge on any atom is -0.443 e. The van der Waals surface area contributed by atoms with Gasteiger partial charge in [0.2, 0.25) is 0 Å². The van der Waals surface area contributed by atoms with Crippen molar-refractivity contribution in [2.75, 3.05) is 11.4 Å². The van der Waals surface area contributed by atoms with Crippen LogP contribution in [0.3, 0.4) is 0 Å². The van der Waals surface area contributed by atoms with Gasteiger partial charge in [0.25, 0.3) is 0 Å². The molecule has 0 saturated carbocycles. The number of pyridine rings is 1. The fourth-order valence-electron chi connectivity index (χ4n) is 3.58. The van der Waals surface area contributed by atoms with Crippen LogP contribution in [0.1, 0.15) is 79.3 Å². The molecule has 0 spiro atoms. The fraction of sp³-hybridized carbons (Fsp3) is 0.714. The lowest BCUT2D eigenvalue weighted by atomic mass is 10.0. The minimum atomic E-state index is -0.533. The Hall–Kier alpha value is -1.62. The Labute approximate surface area is 158 Å². The Morgan fingerprint density at radius 2 is 2.08 bits per heavy atom. The van der Waals surface area contributed by atoms with Crippen molar-refractivity contribution in [2.45, 2.75) is 91.5 Å². The lowest BCUT2D eigenvalue weighted by Gasteiger charge is -2.35. The molecule has 1 fully saturated rings. The Morgan fingerprint density at radius 3 is 2.65 bits per heavy atom. The SMILES string of the molecule is CC[C@@H](C)N(C(=O)OC(C)(C)C)c1ncccc1[C@@H]1CCCN1C(C)C. The molecule has 0 N–H and O–H groups in total. The molecular formula is C21H35N3O2. The summed E-state index contributed by atoms with van der Waals surface area (Å²) < 4.78 is 5.70. The van der Waals surface area contributed by atoms with Gasteiger partial charge in [-0.3, -0.25) is 9.80 Å². The van der Waals surface area contributed by atoms with Gasteiger partial charge < -0.3 is 4.74 Å². The Balaban J connectivity index is 2.44. The molecule has 2 atom stereocenters. The number of hydrogen-bond acceptors (Lipinski definition) is 4. The van der Waals surface area contributed by atoms with E-state index in [1.54, 1.807) is 11.1 Å². The number of rotatable bonds is 5. The molecule has 1 amide bonds. The number of aromatic nitrogens is 1. The maximum atomic E-state index is 13.0. The van der Waals surface area contributed by atoms with E-state index in [0.717, 1.165) is 30.8 Å². The molecule has 146 valence electrons. The number of anilines is 1. The summed E-state index contributed by atoms with van der Waals surface area (Å²) in [5.74, 6) is 0.744. The quantitative estimate of drug-likeness (QED) is 0.726. The smallest absolute Gasteiger partial charge is 0.416 e. The highest BCUT2D eigenvalue weighted by atomic mass is 16.6. The van der Waals surface area contributed by atoms with Crippen molar-refractivity contribution in [3.63, 3.8) is 0 Å². The van der Waals surface area contributed by atoms with E-state index < -0.39 is 5.60 Å². The van der Waals surface area contributed by atoms with E-state index >= 15 is 0 Å². The molecule has 1 aliphatic heterocycles. The van der Waals surface area contributed by atoms with Gasteiger partial charge in [0.05, 0.1) is 0 Å². The molecule has 1 saturated heterocycles. The zero-order valence-corrected chi connectivity index (χ0v) is 17.5. The number of hydrogen-bond donors (Lipinski definition) is 0. The standard InChI is InChI=1S/C21H35N3O2/c1-8-16(4)24(20(25)26-21(5,6)7)19-17(11-9-13-22-19)18-12-10-14-23(18)15(2)3/h9,11,13,15-16,18H,8,10,12,14H2,1-7H3/t16-,18+/m1/s1. The van der Waals surface area contributed by atoms with E-state index in [0.29, 0.717) is 12.1 Å². The van der Waals surface area contributed by atoms with Crippen LogP contribution in [-0.4, -0.2) is 40.2 Å². The van der Waals surface area contributed by atoms with Gasteiger partial charge in [-0.05, 0) is 73.4 Å². The van der Waals surface area contributed by atoms with E-state index in [9.17, 15) is 4.79 Å². The molecule has 26 heavy (non-hydrogen) atoms. The van der Waals surface area contributed by atoms with E-state index in [-0.39, 0.29) is 12.1 Å². The van der Waals surface area contributed by atoms with Crippen LogP contribution >= 0.6 is 0 Å². The van der Waals surface area contributed by atoms with Crippen molar-refractivity contribution in [1.29, 1.82) is 0 Å². The number of carbonyl (C=O) groups is 1. The van der Waals surface area contributed by atoms with Crippen LogP contribution in [-0.2, 0) is 4.74 Å². The second-order valence-corrected chi connectivity index (χ2v) is 8.51. The highest BCUT2D eigenvalue weighted by molar-refractivity contribution is 5.88. The van der Waals surface area contributed by atoms with Crippen LogP contribution in [0.15, 0.2) is 18.3 Å². The molecule has 1 aromatic rings. The summed E-state index contributed by atoms with van der Waals surface area (Å²) in [5.41, 5.74) is 0.597. The van der Waals surface area contributed by atoms with Gasteiger partial charge in [-0.2, -0.15) is 0 Å². The van der Waals surface area contributed by atoms with E-state index in [4.69, 9.17) is 4.74 Å². The maximum Gasteiger partial charge on any atom is 0.416 e. The van der Waals surface area contributed by atoms with Gasteiger partial charge in [-0.1, -0.05) is 13.0 Å². The van der Waals surface area contributed by atoms with E-state index in [2.05, 4.69) is 43.6 Å². The Bertz CT molecular complexity index is 610. The van der Waals surface area contributed by atoms with E-state index in [1.807, 2.05) is 26.8 Å². The third-order valence-corrected chi connectivity index (χ3v) is 4.98. The Morgan fingerprint density at radius 1 is 1.38 bits per heavy atom. The average Bonchev–Trinajstić information content (AvgIpc) is 3.03. The molecular weight excluding hydrogens is 326 g/mol. The first-order valence-electron chi connectivity index (χ1n) is 9.88. The van der Waals surface area contributed by atoms with Gasteiger partial charge >= 0.3 is 6.09 Å². The summed E-state index contributed by atoms with van der Waals surface area (Å²) in [6.45, 7) is 15.4. The Kier molecular flexibility index (Phi) is 6.67. The maximum absolute atomic E-state index is 13.0. The van der Waals surface area contributed by atoms with Crippen LogP contribution in [0.2, 0.25) is 0 Å². The van der Waals surface area contributed by atoms with Gasteiger partial charge in [0.1, 0.15) is 11.4 Å². The lowest BCUT2D eigenvalue weighted by molar-refractivity contribution is 0.0565. The fourth-order valence-corrected chi connectivity index (χ4v) is 3.58. The predicted octanol–water partition coefficient (Wildman–Crippen LogP) is 5.17. The van der Waals surface area contributed by atoms with Gasteiger partial charge in [0, 0.05) is 29.9 Å². The zero-order chi connectivity index (χ0) is 19.5. The zero-order valence-electron chi connectivity index (χ0n) is 17.5. The van der Waals surface area contributed by atoms with Crippen molar-refractivity contribution < 1.29 is 9.53 Å². The monoisotopic (exact) mass is 361 g/mol. The number of amides is 1. The highest BCUT2D eigenvalue weighted by Gasteiger charge is 2.34. The largest absolute Gasteiger partial charge is 0.443 e. The van der Waals surface area contributed by atoms with Crippen molar-refractivity contribution in [3.8, 4) is 0 Å². The first kappa shape index (κ1) is 20.7. The summed E-state index contributed by atoms with van der Waals surface area (Å²) >= 11 is 0. The molecule has 0 radical (unpaired) electrons. The second kappa shape index (κ2) is 8.38. The third kappa shape index (κ3) is 4.76. The van der Waals surface area contributed by atoms with E-state index in [1.165, 1.54) is 6.42 Å². The number of carbonyl (C=O) groups excluding carboxylic acids is 1. The highest BCUT2D eigenvalue weighted by Crippen LogP contribution is 2.38. The van der Waals surface area contributed by atoms with Crippen molar-refractivity contribution >= 4 is 11.9 Å². The topological polar surface area (TPSA) is 45.7 Å². The molecule has 5 heteroatoms. The molecule has 5 nitrogen and oxygen atoms in total. The van der Waals surface area contributed by atoms with Crippen LogP contribution in [0.25, 0.3) is 0 Å². The lowest BCUT2D eigenvalue weighted by Crippen LogP contribution is -2.43. The third-order valence-electron chi connectivity index (χ3n) is 4.98. The normalized spacial score (nSPS) is 19.6. The predicted molar refractivity (Wildman–Crippen MR) is 107 cm³/mol. The molecule has 1 aromatic heterocycles. The number of nitrogens with zero attached hydrogens (tertiary/aromatic N) is 3. The molecule has 2 heterocycles. The molecule has 0 unspecified atom stereocenters. The number of ether oxygens (including phenoxy) is 1. The number of likely N-dealkylation sites (tertiary alicyclic amines) is 1. The van der Waals surface area contributed by atoms with Crippen LogP contribution < -0.4 is 4.90 Å². The van der Waals surface area contributed by atoms with Crippen molar-refractivity contribution in [1.82, 2.24) is 9.88 Å². The first-order valence-corrected chi connectivity index (χ1v) is 9.88. The summed E-state index contributed by atoms with van der Waals surface area (Å²) in [6.07, 6.45) is 4.56. The molecule has 1 aliphatic rings. The van der Waals surface area contributed by atoms with Gasteiger partial charge in [0.15, 0.2) is 0 Å². The summed E-state index contributed by atoms with van der Waals surface area (Å²) in [6, 6.07) is 4.88. The molecule has 2 rings (SSSR count). The second-order valence-electron chi connectivity index (χ2n) is 8.51. The molecule has 0 bridgehead atoms. The van der Waals surface area contributed by atoms with Crippen molar-refractivity contribution in [3.05, 3.63) is 23.9 Å². The summed E-state index contributed by atoms with van der Waals surface area (Å²) in [7, 11) is 0. The van der Waals surface area contributed by atoms with Gasteiger partial charge in [-0.25, -0.2) is 9.78 Å². The van der Waals surface area contributed by atoms with Crippen LogP contribution in [0, 0.1) is 0 Å². The molecule has 0 aromatic carbocycles.